The van der Waals surface area contributed by atoms with Crippen molar-refractivity contribution < 1.29 is 14.3 Å². The first-order chi connectivity index (χ1) is 14.1. The first-order valence-electron chi connectivity index (χ1n) is 10.2. The van der Waals surface area contributed by atoms with Gasteiger partial charge in [0.1, 0.15) is 5.75 Å². The highest BCUT2D eigenvalue weighted by molar-refractivity contribution is 5.95. The van der Waals surface area contributed by atoms with E-state index >= 15 is 0 Å². The molecule has 1 aliphatic heterocycles. The Balaban J connectivity index is 1.71. The summed E-state index contributed by atoms with van der Waals surface area (Å²) < 4.78 is 5.30. The van der Waals surface area contributed by atoms with Gasteiger partial charge < -0.3 is 15.4 Å². The molecule has 0 spiro atoms. The number of piperidine rings is 1. The molecule has 0 aliphatic carbocycles. The third-order valence-electron chi connectivity index (χ3n) is 5.17. The van der Waals surface area contributed by atoms with Gasteiger partial charge in [-0.25, -0.2) is 0 Å². The molecule has 0 unspecified atom stereocenters. The van der Waals surface area contributed by atoms with Crippen LogP contribution in [0.4, 0.5) is 5.69 Å². The summed E-state index contributed by atoms with van der Waals surface area (Å²) in [6, 6.07) is 15.3. The highest BCUT2D eigenvalue weighted by Crippen LogP contribution is 2.26. The summed E-state index contributed by atoms with van der Waals surface area (Å²) in [6.45, 7) is 3.52. The van der Waals surface area contributed by atoms with Crippen LogP contribution in [0.25, 0.3) is 11.1 Å². The number of likely N-dealkylation sites (tertiary alicyclic amines) is 1. The molecule has 2 aromatic rings. The Labute approximate surface area is 172 Å². The molecule has 0 radical (unpaired) electrons. The number of ether oxygens (including phenoxy) is 1. The summed E-state index contributed by atoms with van der Waals surface area (Å²) >= 11 is 0. The van der Waals surface area contributed by atoms with Crippen molar-refractivity contribution in [3.63, 3.8) is 0 Å². The molecule has 1 heterocycles. The first kappa shape index (κ1) is 20.9. The van der Waals surface area contributed by atoms with Crippen molar-refractivity contribution in [3.05, 3.63) is 48.5 Å². The lowest BCUT2D eigenvalue weighted by atomic mass is 10.0. The minimum Gasteiger partial charge on any atom is -0.497 e. The average molecular weight is 396 g/mol. The number of hydrogen-bond donors (Lipinski definition) is 2. The molecule has 2 amide bonds. The van der Waals surface area contributed by atoms with Crippen molar-refractivity contribution in [2.45, 2.75) is 32.2 Å². The molecule has 1 saturated heterocycles. The van der Waals surface area contributed by atoms with Crippen molar-refractivity contribution in [2.75, 3.05) is 32.1 Å². The minimum atomic E-state index is -0.285. The molecule has 1 aliphatic rings. The lowest BCUT2D eigenvalue weighted by Crippen LogP contribution is -2.50. The summed E-state index contributed by atoms with van der Waals surface area (Å²) in [6.07, 6.45) is 2.77. The summed E-state index contributed by atoms with van der Waals surface area (Å²) in [7, 11) is 1.65. The van der Waals surface area contributed by atoms with Gasteiger partial charge in [-0.3, -0.25) is 14.5 Å². The van der Waals surface area contributed by atoms with E-state index in [9.17, 15) is 9.59 Å². The van der Waals surface area contributed by atoms with Crippen LogP contribution in [0.1, 0.15) is 26.2 Å². The fourth-order valence-electron chi connectivity index (χ4n) is 3.72. The Morgan fingerprint density at radius 1 is 1.10 bits per heavy atom. The van der Waals surface area contributed by atoms with E-state index in [0.29, 0.717) is 6.54 Å². The van der Waals surface area contributed by atoms with E-state index in [-0.39, 0.29) is 24.4 Å². The summed E-state index contributed by atoms with van der Waals surface area (Å²) in [5.41, 5.74) is 2.78. The highest BCUT2D eigenvalue weighted by atomic mass is 16.5. The van der Waals surface area contributed by atoms with E-state index in [1.807, 2.05) is 60.4 Å². The second-order valence-corrected chi connectivity index (χ2v) is 7.24. The van der Waals surface area contributed by atoms with Gasteiger partial charge in [0, 0.05) is 12.2 Å². The Bertz CT molecular complexity index is 853. The molecule has 3 rings (SSSR count). The van der Waals surface area contributed by atoms with Crippen molar-refractivity contribution in [1.82, 2.24) is 10.2 Å². The predicted octanol–water partition coefficient (Wildman–Crippen LogP) is 3.29. The number of carbonyl (C=O) groups excluding carboxylic acids is 2. The van der Waals surface area contributed by atoms with E-state index < -0.39 is 0 Å². The topological polar surface area (TPSA) is 70.7 Å². The van der Waals surface area contributed by atoms with E-state index in [1.165, 1.54) is 0 Å². The van der Waals surface area contributed by atoms with Crippen LogP contribution in [0.5, 0.6) is 5.75 Å². The van der Waals surface area contributed by atoms with Gasteiger partial charge in [0.05, 0.1) is 19.7 Å². The minimum absolute atomic E-state index is 0.0350. The quantitative estimate of drug-likeness (QED) is 0.755. The molecular weight excluding hydrogens is 366 g/mol. The van der Waals surface area contributed by atoms with Gasteiger partial charge in [-0.2, -0.15) is 0 Å². The Morgan fingerprint density at radius 2 is 1.86 bits per heavy atom. The number of anilines is 1. The van der Waals surface area contributed by atoms with E-state index in [4.69, 9.17) is 4.74 Å². The van der Waals surface area contributed by atoms with Crippen LogP contribution in [0.15, 0.2) is 48.5 Å². The van der Waals surface area contributed by atoms with Crippen molar-refractivity contribution in [2.24, 2.45) is 0 Å². The van der Waals surface area contributed by atoms with Crippen molar-refractivity contribution >= 4 is 17.5 Å². The smallest absolute Gasteiger partial charge is 0.241 e. The van der Waals surface area contributed by atoms with Crippen LogP contribution in [0, 0.1) is 0 Å². The number of amides is 2. The maximum absolute atomic E-state index is 13.0. The van der Waals surface area contributed by atoms with Crippen LogP contribution in [0.3, 0.4) is 0 Å². The molecular formula is C23H29N3O3. The molecule has 0 aromatic heterocycles. The standard InChI is InChI=1S/C23H29N3O3/c1-3-24-22(27)16-26-13-5-4-12-21(26)23(28)25-19-10-6-8-17(14-19)18-9-7-11-20(15-18)29-2/h6-11,14-15,21H,3-5,12-13,16H2,1-2H3,(H,24,27)(H,25,28)/t21-/m0/s1. The summed E-state index contributed by atoms with van der Waals surface area (Å²) in [4.78, 5) is 26.9. The zero-order chi connectivity index (χ0) is 20.6. The van der Waals surface area contributed by atoms with Gasteiger partial charge in [0.15, 0.2) is 0 Å². The maximum Gasteiger partial charge on any atom is 0.241 e. The average Bonchev–Trinajstić information content (AvgIpc) is 2.74. The monoisotopic (exact) mass is 395 g/mol. The van der Waals surface area contributed by atoms with E-state index in [0.717, 1.165) is 48.4 Å². The molecule has 0 saturated carbocycles. The van der Waals surface area contributed by atoms with E-state index in [1.54, 1.807) is 7.11 Å². The number of nitrogens with one attached hydrogen (secondary N) is 2. The molecule has 2 N–H and O–H groups in total. The molecule has 1 fully saturated rings. The van der Waals surface area contributed by atoms with Gasteiger partial charge in [-0.15, -0.1) is 0 Å². The SMILES string of the molecule is CCNC(=O)CN1CCCC[C@H]1C(=O)Nc1cccc(-c2cccc(OC)c2)c1. The number of nitrogens with zero attached hydrogens (tertiary/aromatic N) is 1. The van der Waals surface area contributed by atoms with Gasteiger partial charge in [-0.1, -0.05) is 30.7 Å². The fourth-order valence-corrected chi connectivity index (χ4v) is 3.72. The van der Waals surface area contributed by atoms with Crippen LogP contribution in [-0.2, 0) is 9.59 Å². The van der Waals surface area contributed by atoms with Crippen LogP contribution in [0.2, 0.25) is 0 Å². The lowest BCUT2D eigenvalue weighted by molar-refractivity contribution is -0.127. The number of likely N-dealkylation sites (N-methyl/N-ethyl adjacent to an activating group) is 1. The van der Waals surface area contributed by atoms with Crippen molar-refractivity contribution in [3.8, 4) is 16.9 Å². The second-order valence-electron chi connectivity index (χ2n) is 7.24. The molecule has 2 aromatic carbocycles. The van der Waals surface area contributed by atoms with Gasteiger partial charge in [0.25, 0.3) is 0 Å². The normalized spacial score (nSPS) is 16.8. The fraction of sp³-hybridized carbons (Fsp3) is 0.391. The number of benzene rings is 2. The second kappa shape index (κ2) is 10.1. The third kappa shape index (κ3) is 5.57. The number of carbonyl (C=O) groups is 2. The highest BCUT2D eigenvalue weighted by Gasteiger charge is 2.29. The molecule has 6 nitrogen and oxygen atoms in total. The number of rotatable bonds is 7. The maximum atomic E-state index is 13.0. The Hall–Kier alpha value is -2.86. The van der Waals surface area contributed by atoms with Gasteiger partial charge >= 0.3 is 0 Å². The Kier molecular flexibility index (Phi) is 7.25. The zero-order valence-corrected chi connectivity index (χ0v) is 17.1. The van der Waals surface area contributed by atoms with E-state index in [2.05, 4.69) is 10.6 Å². The largest absolute Gasteiger partial charge is 0.497 e. The van der Waals surface area contributed by atoms with Crippen molar-refractivity contribution in [1.29, 1.82) is 0 Å². The predicted molar refractivity (Wildman–Crippen MR) is 115 cm³/mol. The van der Waals surface area contributed by atoms with Gasteiger partial charge in [0.2, 0.25) is 11.8 Å². The molecule has 154 valence electrons. The number of methoxy groups -OCH3 is 1. The van der Waals surface area contributed by atoms with Crippen LogP contribution < -0.4 is 15.4 Å². The lowest BCUT2D eigenvalue weighted by Gasteiger charge is -2.34. The van der Waals surface area contributed by atoms with Gasteiger partial charge in [-0.05, 0) is 61.7 Å². The van der Waals surface area contributed by atoms with Crippen LogP contribution >= 0.6 is 0 Å². The molecule has 0 bridgehead atoms. The number of hydrogen-bond acceptors (Lipinski definition) is 4. The zero-order valence-electron chi connectivity index (χ0n) is 17.1. The third-order valence-corrected chi connectivity index (χ3v) is 5.17. The summed E-state index contributed by atoms with van der Waals surface area (Å²) in [5, 5.41) is 5.86. The summed E-state index contributed by atoms with van der Waals surface area (Å²) in [5.74, 6) is 0.698. The molecule has 1 atom stereocenters. The molecule has 29 heavy (non-hydrogen) atoms. The van der Waals surface area contributed by atoms with Crippen LogP contribution in [-0.4, -0.2) is 49.5 Å². The first-order valence-corrected chi connectivity index (χ1v) is 10.2. The molecule has 6 heteroatoms. The Morgan fingerprint density at radius 3 is 2.62 bits per heavy atom.